The Morgan fingerprint density at radius 2 is 1.50 bits per heavy atom. The van der Waals surface area contributed by atoms with Crippen LogP contribution in [0, 0.1) is 0 Å². The van der Waals surface area contributed by atoms with Crippen molar-refractivity contribution in [2.75, 3.05) is 7.11 Å². The molecule has 2 aromatic carbocycles. The summed E-state index contributed by atoms with van der Waals surface area (Å²) < 4.78 is 29.7. The lowest BCUT2D eigenvalue weighted by Crippen LogP contribution is -2.37. The molecule has 1 aromatic heterocycles. The molecule has 158 valence electrons. The minimum Gasteiger partial charge on any atom is -0.497 e. The molecule has 5 nitrogen and oxygen atoms in total. The van der Waals surface area contributed by atoms with Gasteiger partial charge in [0.05, 0.1) is 38.8 Å². The molecule has 4 rings (SSSR count). The number of benzene rings is 2. The first-order valence-electron chi connectivity index (χ1n) is 10.3. The van der Waals surface area contributed by atoms with E-state index in [1.54, 1.807) is 13.4 Å². The second-order valence-corrected chi connectivity index (χ2v) is 7.55. The van der Waals surface area contributed by atoms with Crippen molar-refractivity contribution < 1.29 is 23.4 Å². The number of methoxy groups -OCH3 is 1. The summed E-state index contributed by atoms with van der Waals surface area (Å²) in [6.07, 6.45) is 1.76. The summed E-state index contributed by atoms with van der Waals surface area (Å²) in [5, 5.41) is 0. The molecule has 0 amide bonds. The molecule has 5 heteroatoms. The molecular weight excluding hydrogens is 380 g/mol. The van der Waals surface area contributed by atoms with Crippen molar-refractivity contribution in [1.29, 1.82) is 0 Å². The van der Waals surface area contributed by atoms with Crippen molar-refractivity contribution >= 4 is 0 Å². The van der Waals surface area contributed by atoms with Crippen LogP contribution >= 0.6 is 0 Å². The smallest absolute Gasteiger partial charge is 0.118 e. The van der Waals surface area contributed by atoms with E-state index in [2.05, 4.69) is 12.1 Å². The van der Waals surface area contributed by atoms with Gasteiger partial charge in [0.1, 0.15) is 23.7 Å². The molecule has 0 bridgehead atoms. The lowest BCUT2D eigenvalue weighted by Gasteiger charge is -2.24. The second-order valence-electron chi connectivity index (χ2n) is 7.55. The molecule has 3 aromatic rings. The molecule has 4 atom stereocenters. The van der Waals surface area contributed by atoms with Gasteiger partial charge in [0.15, 0.2) is 0 Å². The maximum Gasteiger partial charge on any atom is 0.118 e. The van der Waals surface area contributed by atoms with Gasteiger partial charge < -0.3 is 23.4 Å². The van der Waals surface area contributed by atoms with Crippen LogP contribution < -0.4 is 4.74 Å². The molecule has 0 N–H and O–H groups in total. The molecule has 1 fully saturated rings. The number of hydrogen-bond donors (Lipinski definition) is 0. The zero-order chi connectivity index (χ0) is 20.8. The van der Waals surface area contributed by atoms with Crippen LogP contribution in [0.2, 0.25) is 0 Å². The SMILES string of the molecule is COc1ccc(CO[C@@H]2[C@@H](OCc3ccccc3)[C@@H](C)O[C@@H]2Cc2ccco2)cc1. The van der Waals surface area contributed by atoms with Gasteiger partial charge in [-0.25, -0.2) is 0 Å². The normalized spacial score (nSPS) is 23.5. The average molecular weight is 408 g/mol. The Labute approximate surface area is 177 Å². The van der Waals surface area contributed by atoms with Gasteiger partial charge in [-0.1, -0.05) is 42.5 Å². The second kappa shape index (κ2) is 9.94. The van der Waals surface area contributed by atoms with Gasteiger partial charge in [-0.05, 0) is 42.3 Å². The fourth-order valence-electron chi connectivity index (χ4n) is 3.81. The van der Waals surface area contributed by atoms with Gasteiger partial charge in [-0.3, -0.25) is 0 Å². The van der Waals surface area contributed by atoms with E-state index in [1.807, 2.05) is 61.5 Å². The van der Waals surface area contributed by atoms with Crippen molar-refractivity contribution in [2.45, 2.75) is 51.0 Å². The Morgan fingerprint density at radius 3 is 2.17 bits per heavy atom. The Morgan fingerprint density at radius 1 is 0.800 bits per heavy atom. The Hall–Kier alpha value is -2.60. The number of ether oxygens (including phenoxy) is 4. The molecule has 0 aliphatic carbocycles. The zero-order valence-electron chi connectivity index (χ0n) is 17.4. The Kier molecular flexibility index (Phi) is 6.84. The van der Waals surface area contributed by atoms with Gasteiger partial charge in [0, 0.05) is 6.42 Å². The van der Waals surface area contributed by atoms with Crippen molar-refractivity contribution in [3.05, 3.63) is 89.9 Å². The lowest BCUT2D eigenvalue weighted by atomic mass is 10.0. The van der Waals surface area contributed by atoms with Crippen LogP contribution in [0.5, 0.6) is 5.75 Å². The third-order valence-corrected chi connectivity index (χ3v) is 5.41. The van der Waals surface area contributed by atoms with Crippen molar-refractivity contribution in [2.24, 2.45) is 0 Å². The maximum absolute atomic E-state index is 6.36. The minimum absolute atomic E-state index is 0.0745. The molecule has 1 aliphatic rings. The van der Waals surface area contributed by atoms with Crippen LogP contribution in [0.4, 0.5) is 0 Å². The van der Waals surface area contributed by atoms with E-state index in [-0.39, 0.29) is 24.4 Å². The lowest BCUT2D eigenvalue weighted by molar-refractivity contribution is -0.0777. The molecular formula is C25H28O5. The van der Waals surface area contributed by atoms with E-state index in [0.717, 1.165) is 22.6 Å². The van der Waals surface area contributed by atoms with Crippen molar-refractivity contribution in [3.63, 3.8) is 0 Å². The summed E-state index contributed by atoms with van der Waals surface area (Å²) in [6, 6.07) is 21.9. The standard InChI is InChI=1S/C25H28O5/c1-18-24(28-16-19-7-4-3-5-8-19)25(23(30-18)15-22-9-6-14-27-22)29-17-20-10-12-21(26-2)13-11-20/h3-14,18,23-25H,15-17H2,1-2H3/t18-,23-,24+,25+/m1/s1. The third kappa shape index (κ3) is 5.11. The van der Waals surface area contributed by atoms with E-state index in [0.29, 0.717) is 19.6 Å². The van der Waals surface area contributed by atoms with Crippen LogP contribution in [-0.2, 0) is 33.8 Å². The predicted molar refractivity (Wildman–Crippen MR) is 113 cm³/mol. The highest BCUT2D eigenvalue weighted by molar-refractivity contribution is 5.26. The fourth-order valence-corrected chi connectivity index (χ4v) is 3.81. The monoisotopic (exact) mass is 408 g/mol. The Bertz CT molecular complexity index is 876. The summed E-state index contributed by atoms with van der Waals surface area (Å²) in [5.41, 5.74) is 2.21. The quantitative estimate of drug-likeness (QED) is 0.510. The number of furan rings is 1. The highest BCUT2D eigenvalue weighted by Crippen LogP contribution is 2.30. The van der Waals surface area contributed by atoms with Crippen LogP contribution in [0.1, 0.15) is 23.8 Å². The molecule has 0 saturated carbocycles. The van der Waals surface area contributed by atoms with Crippen molar-refractivity contribution in [1.82, 2.24) is 0 Å². The first kappa shape index (κ1) is 20.7. The van der Waals surface area contributed by atoms with E-state index in [1.165, 1.54) is 0 Å². The largest absolute Gasteiger partial charge is 0.497 e. The maximum atomic E-state index is 6.36. The molecule has 1 aliphatic heterocycles. The van der Waals surface area contributed by atoms with E-state index >= 15 is 0 Å². The first-order valence-corrected chi connectivity index (χ1v) is 10.3. The summed E-state index contributed by atoms with van der Waals surface area (Å²) in [6.45, 7) is 3.04. The molecule has 30 heavy (non-hydrogen) atoms. The van der Waals surface area contributed by atoms with Crippen LogP contribution in [0.25, 0.3) is 0 Å². The predicted octanol–water partition coefficient (Wildman–Crippen LogP) is 4.79. The first-order chi connectivity index (χ1) is 14.7. The fraction of sp³-hybridized carbons (Fsp3) is 0.360. The van der Waals surface area contributed by atoms with Gasteiger partial charge in [-0.15, -0.1) is 0 Å². The average Bonchev–Trinajstić information content (AvgIpc) is 3.39. The number of hydrogen-bond acceptors (Lipinski definition) is 5. The summed E-state index contributed by atoms with van der Waals surface area (Å²) in [7, 11) is 1.66. The molecule has 1 saturated heterocycles. The van der Waals surface area contributed by atoms with E-state index in [4.69, 9.17) is 23.4 Å². The van der Waals surface area contributed by atoms with Gasteiger partial charge >= 0.3 is 0 Å². The summed E-state index contributed by atoms with van der Waals surface area (Å²) in [5.74, 6) is 1.71. The van der Waals surface area contributed by atoms with Crippen LogP contribution in [-0.4, -0.2) is 31.5 Å². The molecule has 2 heterocycles. The van der Waals surface area contributed by atoms with Crippen LogP contribution in [0.3, 0.4) is 0 Å². The topological polar surface area (TPSA) is 50.1 Å². The Balaban J connectivity index is 1.45. The van der Waals surface area contributed by atoms with Gasteiger partial charge in [0.25, 0.3) is 0 Å². The van der Waals surface area contributed by atoms with Crippen LogP contribution in [0.15, 0.2) is 77.4 Å². The molecule has 0 unspecified atom stereocenters. The third-order valence-electron chi connectivity index (χ3n) is 5.41. The van der Waals surface area contributed by atoms with Gasteiger partial charge in [0.2, 0.25) is 0 Å². The highest BCUT2D eigenvalue weighted by Gasteiger charge is 2.44. The summed E-state index contributed by atoms with van der Waals surface area (Å²) in [4.78, 5) is 0. The number of rotatable bonds is 9. The molecule has 0 radical (unpaired) electrons. The minimum atomic E-state index is -0.198. The highest BCUT2D eigenvalue weighted by atomic mass is 16.6. The molecule has 0 spiro atoms. The van der Waals surface area contributed by atoms with Crippen molar-refractivity contribution in [3.8, 4) is 5.75 Å². The summed E-state index contributed by atoms with van der Waals surface area (Å²) >= 11 is 0. The van der Waals surface area contributed by atoms with E-state index in [9.17, 15) is 0 Å². The van der Waals surface area contributed by atoms with E-state index < -0.39 is 0 Å². The zero-order valence-corrected chi connectivity index (χ0v) is 17.4. The van der Waals surface area contributed by atoms with Gasteiger partial charge in [-0.2, -0.15) is 0 Å².